The first-order chi connectivity index (χ1) is 10.4. The summed E-state index contributed by atoms with van der Waals surface area (Å²) in [6, 6.07) is 11.5. The second-order valence-corrected chi connectivity index (χ2v) is 7.56. The third kappa shape index (κ3) is 2.46. The van der Waals surface area contributed by atoms with E-state index in [-0.39, 0.29) is 16.6 Å². The number of nitrogens with zero attached hydrogens (tertiary/aromatic N) is 1. The number of benzene rings is 2. The maximum absolute atomic E-state index is 13.2. The lowest BCUT2D eigenvalue weighted by molar-refractivity contribution is -0.109. The van der Waals surface area contributed by atoms with Crippen LogP contribution in [0, 0.1) is 5.82 Å². The zero-order chi connectivity index (χ0) is 15.9. The molecule has 1 atom stereocenters. The van der Waals surface area contributed by atoms with Gasteiger partial charge >= 0.3 is 0 Å². The fraction of sp³-hybridized carbons (Fsp3) is 0.235. The molecule has 0 saturated carbocycles. The van der Waals surface area contributed by atoms with Crippen LogP contribution < -0.4 is 10.6 Å². The third-order valence-corrected chi connectivity index (χ3v) is 5.16. The van der Waals surface area contributed by atoms with Gasteiger partial charge in [-0.15, -0.1) is 11.8 Å². The van der Waals surface area contributed by atoms with E-state index in [4.69, 9.17) is 5.73 Å². The molecule has 0 amide bonds. The number of nitrogen functional groups attached to an aromatic ring is 1. The minimum Gasteiger partial charge on any atom is -0.399 e. The van der Waals surface area contributed by atoms with Gasteiger partial charge < -0.3 is 15.4 Å². The molecule has 1 heterocycles. The summed E-state index contributed by atoms with van der Waals surface area (Å²) in [5.74, 6) is -0.297. The average molecular weight is 316 g/mol. The highest BCUT2D eigenvalue weighted by molar-refractivity contribution is 8.01. The Morgan fingerprint density at radius 2 is 1.91 bits per heavy atom. The smallest absolute Gasteiger partial charge is 0.144 e. The van der Waals surface area contributed by atoms with Crippen LogP contribution in [0.15, 0.2) is 47.4 Å². The molecule has 1 aliphatic heterocycles. The van der Waals surface area contributed by atoms with Crippen LogP contribution in [-0.2, 0) is 4.79 Å². The second kappa shape index (κ2) is 5.32. The van der Waals surface area contributed by atoms with E-state index in [1.165, 1.54) is 12.1 Å². The Morgan fingerprint density at radius 1 is 1.23 bits per heavy atom. The molecule has 114 valence electrons. The van der Waals surface area contributed by atoms with Gasteiger partial charge in [-0.2, -0.15) is 0 Å². The van der Waals surface area contributed by atoms with Crippen LogP contribution in [0.2, 0.25) is 0 Å². The van der Waals surface area contributed by atoms with E-state index in [2.05, 4.69) is 0 Å². The zero-order valence-corrected chi connectivity index (χ0v) is 13.2. The van der Waals surface area contributed by atoms with Gasteiger partial charge in [0.15, 0.2) is 0 Å². The molecule has 0 fully saturated rings. The Bertz CT molecular complexity index is 715. The Kier molecular flexibility index (Phi) is 3.60. The standard InChI is InChI=1S/C17H17FN2OS/c1-17(2)16(10-21)20(13-6-3-11(18)4-7-13)14-8-5-12(19)9-15(14)22-17/h3-10,16H,19H2,1-2H3. The van der Waals surface area contributed by atoms with Crippen LogP contribution in [0.1, 0.15) is 13.8 Å². The summed E-state index contributed by atoms with van der Waals surface area (Å²) in [5, 5.41) is 0. The summed E-state index contributed by atoms with van der Waals surface area (Å²) in [6.07, 6.45) is 0.954. The summed E-state index contributed by atoms with van der Waals surface area (Å²) >= 11 is 1.64. The number of fused-ring (bicyclic) bond motifs is 1. The largest absolute Gasteiger partial charge is 0.399 e. The molecule has 0 radical (unpaired) electrons. The molecule has 3 nitrogen and oxygen atoms in total. The van der Waals surface area contributed by atoms with Gasteiger partial charge in [0.2, 0.25) is 0 Å². The molecule has 2 aromatic carbocycles. The van der Waals surface area contributed by atoms with Crippen LogP contribution in [0.4, 0.5) is 21.5 Å². The molecule has 2 N–H and O–H groups in total. The van der Waals surface area contributed by atoms with E-state index in [1.807, 2.05) is 36.9 Å². The number of carbonyl (C=O) groups is 1. The lowest BCUT2D eigenvalue weighted by Gasteiger charge is -2.45. The monoisotopic (exact) mass is 316 g/mol. The number of hydrogen-bond acceptors (Lipinski definition) is 4. The zero-order valence-electron chi connectivity index (χ0n) is 12.4. The molecule has 22 heavy (non-hydrogen) atoms. The normalized spacial score (nSPS) is 19.6. The first kappa shape index (κ1) is 14.9. The molecule has 0 aromatic heterocycles. The van der Waals surface area contributed by atoms with Crippen molar-refractivity contribution in [3.63, 3.8) is 0 Å². The number of rotatable bonds is 2. The number of carbonyl (C=O) groups excluding carboxylic acids is 1. The lowest BCUT2D eigenvalue weighted by atomic mass is 10.00. The van der Waals surface area contributed by atoms with Crippen molar-refractivity contribution in [2.45, 2.75) is 29.5 Å². The summed E-state index contributed by atoms with van der Waals surface area (Å²) in [5.41, 5.74) is 8.28. The summed E-state index contributed by atoms with van der Waals surface area (Å²) in [6.45, 7) is 4.05. The molecule has 0 aliphatic carbocycles. The van der Waals surface area contributed by atoms with Crippen LogP contribution in [-0.4, -0.2) is 17.1 Å². The molecule has 1 unspecified atom stereocenters. The van der Waals surface area contributed by atoms with Gasteiger partial charge in [0, 0.05) is 21.0 Å². The highest BCUT2D eigenvalue weighted by Gasteiger charge is 2.41. The number of nitrogens with two attached hydrogens (primary N) is 1. The van der Waals surface area contributed by atoms with Gasteiger partial charge in [0.1, 0.15) is 18.1 Å². The first-order valence-corrected chi connectivity index (χ1v) is 7.82. The average Bonchev–Trinajstić information content (AvgIpc) is 2.45. The van der Waals surface area contributed by atoms with Crippen LogP contribution in [0.5, 0.6) is 0 Å². The third-order valence-electron chi connectivity index (χ3n) is 3.84. The van der Waals surface area contributed by atoms with Crippen molar-refractivity contribution in [3.05, 3.63) is 48.3 Å². The maximum atomic E-state index is 13.2. The summed E-state index contributed by atoms with van der Waals surface area (Å²) in [4.78, 5) is 14.7. The quantitative estimate of drug-likeness (QED) is 0.672. The Hall–Kier alpha value is -2.01. The molecule has 0 saturated heterocycles. The molecule has 2 aromatic rings. The van der Waals surface area contributed by atoms with E-state index in [0.29, 0.717) is 5.69 Å². The van der Waals surface area contributed by atoms with Gasteiger partial charge in [-0.3, -0.25) is 0 Å². The first-order valence-electron chi connectivity index (χ1n) is 7.01. The fourth-order valence-corrected chi connectivity index (χ4v) is 4.06. The SMILES string of the molecule is CC1(C)Sc2cc(N)ccc2N(c2ccc(F)cc2)C1C=O. The van der Waals surface area contributed by atoms with Gasteiger partial charge in [0.25, 0.3) is 0 Å². The summed E-state index contributed by atoms with van der Waals surface area (Å²) in [7, 11) is 0. The van der Waals surface area contributed by atoms with Crippen molar-refractivity contribution in [1.82, 2.24) is 0 Å². The number of thioether (sulfide) groups is 1. The molecule has 3 rings (SSSR count). The Labute approximate surface area is 133 Å². The molecular formula is C17H17FN2OS. The van der Waals surface area contributed by atoms with Crippen molar-refractivity contribution >= 4 is 35.1 Å². The lowest BCUT2D eigenvalue weighted by Crippen LogP contribution is -2.49. The van der Waals surface area contributed by atoms with Crippen molar-refractivity contribution in [1.29, 1.82) is 0 Å². The molecular weight excluding hydrogens is 299 g/mol. The fourth-order valence-electron chi connectivity index (χ4n) is 2.74. The van der Waals surface area contributed by atoms with Gasteiger partial charge in [-0.05, 0) is 56.3 Å². The molecule has 0 bridgehead atoms. The minimum absolute atomic E-state index is 0.297. The highest BCUT2D eigenvalue weighted by atomic mass is 32.2. The second-order valence-electron chi connectivity index (χ2n) is 5.86. The van der Waals surface area contributed by atoms with Crippen LogP contribution in [0.3, 0.4) is 0 Å². The van der Waals surface area contributed by atoms with Crippen LogP contribution >= 0.6 is 11.8 Å². The van der Waals surface area contributed by atoms with Gasteiger partial charge in [0.05, 0.1) is 5.69 Å². The van der Waals surface area contributed by atoms with E-state index in [0.717, 1.165) is 22.6 Å². The van der Waals surface area contributed by atoms with Crippen molar-refractivity contribution in [2.24, 2.45) is 0 Å². The maximum Gasteiger partial charge on any atom is 0.144 e. The van der Waals surface area contributed by atoms with Crippen molar-refractivity contribution < 1.29 is 9.18 Å². The van der Waals surface area contributed by atoms with Crippen molar-refractivity contribution in [2.75, 3.05) is 10.6 Å². The summed E-state index contributed by atoms with van der Waals surface area (Å²) < 4.78 is 12.9. The van der Waals surface area contributed by atoms with Gasteiger partial charge in [-0.1, -0.05) is 0 Å². The highest BCUT2D eigenvalue weighted by Crippen LogP contribution is 2.50. The predicted octanol–water partition coefficient (Wildman–Crippen LogP) is 4.00. The van der Waals surface area contributed by atoms with Crippen LogP contribution in [0.25, 0.3) is 0 Å². The van der Waals surface area contributed by atoms with E-state index in [9.17, 15) is 9.18 Å². The Balaban J connectivity index is 2.20. The Morgan fingerprint density at radius 3 is 2.55 bits per heavy atom. The number of aldehydes is 1. The molecule has 0 spiro atoms. The minimum atomic E-state index is -0.348. The number of hydrogen-bond donors (Lipinski definition) is 1. The molecule has 1 aliphatic rings. The van der Waals surface area contributed by atoms with E-state index >= 15 is 0 Å². The van der Waals surface area contributed by atoms with Crippen molar-refractivity contribution in [3.8, 4) is 0 Å². The predicted molar refractivity (Wildman–Crippen MR) is 89.2 cm³/mol. The van der Waals surface area contributed by atoms with Gasteiger partial charge in [-0.25, -0.2) is 4.39 Å². The van der Waals surface area contributed by atoms with E-state index in [1.54, 1.807) is 23.9 Å². The topological polar surface area (TPSA) is 46.3 Å². The number of halogens is 1. The number of anilines is 3. The van der Waals surface area contributed by atoms with E-state index < -0.39 is 0 Å². The molecule has 5 heteroatoms.